The molecule has 1 aromatic heterocycles. The average molecular weight is 457 g/mol. The van der Waals surface area contributed by atoms with Gasteiger partial charge in [-0.3, -0.25) is 10.4 Å². The van der Waals surface area contributed by atoms with Crippen LogP contribution in [-0.2, 0) is 10.1 Å². The van der Waals surface area contributed by atoms with Crippen LogP contribution in [0, 0.1) is 11.3 Å². The van der Waals surface area contributed by atoms with E-state index in [0.29, 0.717) is 24.1 Å². The summed E-state index contributed by atoms with van der Waals surface area (Å²) in [7, 11) is -6.03. The smallest absolute Gasteiger partial charge is 0.354 e. The molecule has 0 aliphatic heterocycles. The third-order valence-corrected chi connectivity index (χ3v) is 5.97. The van der Waals surface area contributed by atoms with E-state index in [2.05, 4.69) is 9.17 Å². The van der Waals surface area contributed by atoms with Crippen LogP contribution < -0.4 is 9.41 Å². The van der Waals surface area contributed by atoms with E-state index in [1.165, 1.54) is 30.3 Å². The molecule has 3 rings (SSSR count). The van der Waals surface area contributed by atoms with E-state index < -0.39 is 27.1 Å². The molecule has 1 aliphatic rings. The van der Waals surface area contributed by atoms with Crippen LogP contribution >= 0.6 is 0 Å². The molecule has 0 saturated heterocycles. The minimum Gasteiger partial charge on any atom is -0.354 e. The van der Waals surface area contributed by atoms with Crippen molar-refractivity contribution in [3.8, 4) is 23.1 Å². The summed E-state index contributed by atoms with van der Waals surface area (Å²) in [4.78, 5) is 3.99. The van der Waals surface area contributed by atoms with Gasteiger partial charge in [-0.05, 0) is 36.6 Å². The quantitative estimate of drug-likeness (QED) is 0.383. The van der Waals surface area contributed by atoms with Crippen molar-refractivity contribution in [2.24, 2.45) is 0 Å². The number of nitrogens with zero attached hydrogens (tertiary/aromatic N) is 3. The standard InChI is InChI=1S/C19H18F3N3O5S/c20-19(21,22)31(28,29)30-18-16(11-23)15(12-6-8-14(9-7-12)25(26)27)10-17(24-18)13-4-2-1-3-5-13/h6-10,13,26-27H,1-5H2. The molecule has 2 N–H and O–H groups in total. The van der Waals surface area contributed by atoms with Gasteiger partial charge in [-0.1, -0.05) is 31.4 Å². The Balaban J connectivity index is 2.17. The summed E-state index contributed by atoms with van der Waals surface area (Å²) in [6.45, 7) is 0. The van der Waals surface area contributed by atoms with Crippen LogP contribution in [0.15, 0.2) is 30.3 Å². The fourth-order valence-electron chi connectivity index (χ4n) is 3.47. The first-order chi connectivity index (χ1) is 14.5. The molecule has 31 heavy (non-hydrogen) atoms. The first-order valence-corrected chi connectivity index (χ1v) is 10.7. The molecular formula is C19H18F3N3O5S. The highest BCUT2D eigenvalue weighted by Crippen LogP contribution is 2.39. The molecule has 0 amide bonds. The molecule has 1 saturated carbocycles. The van der Waals surface area contributed by atoms with Gasteiger partial charge in [-0.15, -0.1) is 5.23 Å². The van der Waals surface area contributed by atoms with E-state index in [1.54, 1.807) is 6.07 Å². The summed E-state index contributed by atoms with van der Waals surface area (Å²) in [5.74, 6) is -1.06. The fourth-order valence-corrected chi connectivity index (χ4v) is 3.89. The second-order valence-electron chi connectivity index (χ2n) is 7.04. The molecule has 1 aliphatic carbocycles. The van der Waals surface area contributed by atoms with Gasteiger partial charge in [-0.25, -0.2) is 4.98 Å². The Hall–Kier alpha value is -2.88. The van der Waals surface area contributed by atoms with Gasteiger partial charge in [0.1, 0.15) is 11.6 Å². The van der Waals surface area contributed by atoms with Crippen molar-refractivity contribution in [3.05, 3.63) is 41.6 Å². The van der Waals surface area contributed by atoms with Crippen molar-refractivity contribution in [1.82, 2.24) is 4.98 Å². The molecule has 1 fully saturated rings. The maximum Gasteiger partial charge on any atom is 0.534 e. The Morgan fingerprint density at radius 3 is 2.26 bits per heavy atom. The molecule has 0 radical (unpaired) electrons. The second-order valence-corrected chi connectivity index (χ2v) is 8.58. The van der Waals surface area contributed by atoms with Gasteiger partial charge in [0.15, 0.2) is 0 Å². The number of alkyl halides is 3. The number of nitriles is 1. The van der Waals surface area contributed by atoms with Gasteiger partial charge in [-0.2, -0.15) is 26.9 Å². The number of benzene rings is 1. The van der Waals surface area contributed by atoms with Gasteiger partial charge < -0.3 is 4.18 Å². The Labute approximate surface area is 176 Å². The molecule has 0 atom stereocenters. The Bertz CT molecular complexity index is 1090. The lowest BCUT2D eigenvalue weighted by molar-refractivity contribution is -0.0501. The van der Waals surface area contributed by atoms with Crippen LogP contribution in [0.3, 0.4) is 0 Å². The number of aromatic nitrogens is 1. The average Bonchev–Trinajstić information content (AvgIpc) is 2.73. The summed E-state index contributed by atoms with van der Waals surface area (Å²) < 4.78 is 66.1. The normalized spacial score (nSPS) is 15.4. The maximum atomic E-state index is 12.9. The molecule has 12 heteroatoms. The minimum absolute atomic E-state index is 0.0000552. The number of hydrogen-bond donors (Lipinski definition) is 2. The first kappa shape index (κ1) is 22.8. The summed E-state index contributed by atoms with van der Waals surface area (Å²) in [6, 6.07) is 8.60. The van der Waals surface area contributed by atoms with Gasteiger partial charge in [0.25, 0.3) is 5.88 Å². The van der Waals surface area contributed by atoms with Crippen LogP contribution in [0.1, 0.15) is 49.3 Å². The Kier molecular flexibility index (Phi) is 6.40. The summed E-state index contributed by atoms with van der Waals surface area (Å²) in [5, 5.41) is 27.6. The molecule has 166 valence electrons. The first-order valence-electron chi connectivity index (χ1n) is 9.27. The van der Waals surface area contributed by atoms with Crippen LogP contribution in [0.2, 0.25) is 0 Å². The molecule has 0 spiro atoms. The van der Waals surface area contributed by atoms with Gasteiger partial charge in [0, 0.05) is 17.2 Å². The van der Waals surface area contributed by atoms with Crippen molar-refractivity contribution < 1.29 is 36.2 Å². The molecule has 1 heterocycles. The zero-order chi connectivity index (χ0) is 22.8. The van der Waals surface area contributed by atoms with Crippen LogP contribution in [0.5, 0.6) is 5.88 Å². The van der Waals surface area contributed by atoms with Crippen molar-refractivity contribution in [3.63, 3.8) is 0 Å². The van der Waals surface area contributed by atoms with Gasteiger partial charge in [0.05, 0.1) is 5.69 Å². The van der Waals surface area contributed by atoms with E-state index in [9.17, 15) is 26.9 Å². The van der Waals surface area contributed by atoms with E-state index in [0.717, 1.165) is 19.3 Å². The van der Waals surface area contributed by atoms with Crippen LogP contribution in [0.25, 0.3) is 11.1 Å². The SMILES string of the molecule is N#Cc1c(-c2ccc(N(O)O)cc2)cc(C2CCCCC2)nc1OS(=O)(=O)C(F)(F)F. The maximum absolute atomic E-state index is 12.9. The third-order valence-electron chi connectivity index (χ3n) is 5.02. The highest BCUT2D eigenvalue weighted by molar-refractivity contribution is 7.87. The van der Waals surface area contributed by atoms with Crippen molar-refractivity contribution in [2.45, 2.75) is 43.5 Å². The van der Waals surface area contributed by atoms with E-state index >= 15 is 0 Å². The fraction of sp³-hybridized carbons (Fsp3) is 0.368. The summed E-state index contributed by atoms with van der Waals surface area (Å²) >= 11 is 0. The van der Waals surface area contributed by atoms with Gasteiger partial charge >= 0.3 is 15.6 Å². The number of hydrogen-bond acceptors (Lipinski definition) is 8. The van der Waals surface area contributed by atoms with E-state index in [4.69, 9.17) is 10.4 Å². The predicted molar refractivity (Wildman–Crippen MR) is 102 cm³/mol. The monoisotopic (exact) mass is 457 g/mol. The summed E-state index contributed by atoms with van der Waals surface area (Å²) in [5.41, 5.74) is -5.38. The largest absolute Gasteiger partial charge is 0.534 e. The zero-order valence-corrected chi connectivity index (χ0v) is 16.8. The van der Waals surface area contributed by atoms with Crippen molar-refractivity contribution in [1.29, 1.82) is 5.26 Å². The highest BCUT2D eigenvalue weighted by atomic mass is 32.2. The lowest BCUT2D eigenvalue weighted by atomic mass is 9.85. The van der Waals surface area contributed by atoms with Crippen molar-refractivity contribution >= 4 is 15.8 Å². The Morgan fingerprint density at radius 2 is 1.74 bits per heavy atom. The predicted octanol–water partition coefficient (Wildman–Crippen LogP) is 4.48. The minimum atomic E-state index is -6.03. The Morgan fingerprint density at radius 1 is 1.13 bits per heavy atom. The topological polar surface area (TPSA) is 124 Å². The number of rotatable bonds is 5. The molecule has 1 aromatic carbocycles. The highest BCUT2D eigenvalue weighted by Gasteiger charge is 2.49. The summed E-state index contributed by atoms with van der Waals surface area (Å²) in [6.07, 6.45) is 4.21. The lowest BCUT2D eigenvalue weighted by Gasteiger charge is -2.23. The van der Waals surface area contributed by atoms with Crippen LogP contribution in [-0.4, -0.2) is 29.3 Å². The van der Waals surface area contributed by atoms with Crippen molar-refractivity contribution in [2.75, 3.05) is 5.23 Å². The number of anilines is 1. The van der Waals surface area contributed by atoms with E-state index in [1.807, 2.05) is 0 Å². The van der Waals surface area contributed by atoms with E-state index in [-0.39, 0.29) is 22.4 Å². The lowest BCUT2D eigenvalue weighted by Crippen LogP contribution is -2.29. The third kappa shape index (κ3) is 4.90. The molecule has 8 nitrogen and oxygen atoms in total. The zero-order valence-electron chi connectivity index (χ0n) is 16.0. The second kappa shape index (κ2) is 8.70. The van der Waals surface area contributed by atoms with Crippen LogP contribution in [0.4, 0.5) is 18.9 Å². The molecule has 0 bridgehead atoms. The number of halogens is 3. The molecule has 2 aromatic rings. The number of pyridine rings is 1. The van der Waals surface area contributed by atoms with Gasteiger partial charge in [0.2, 0.25) is 0 Å². The molecular weight excluding hydrogens is 439 g/mol. The molecule has 0 unspecified atom stereocenters.